The van der Waals surface area contributed by atoms with Gasteiger partial charge in [-0.05, 0) is 28.1 Å². The van der Waals surface area contributed by atoms with Crippen LogP contribution in [0.1, 0.15) is 11.6 Å². The Morgan fingerprint density at radius 1 is 1.16 bits per heavy atom. The lowest BCUT2D eigenvalue weighted by atomic mass is 10.1. The maximum atomic E-state index is 5.81. The summed E-state index contributed by atoms with van der Waals surface area (Å²) in [5.74, 6) is 0.680. The SMILES string of the molecule is NCC(Nc1ccc2nnnn2n1)c1ccccc1. The summed E-state index contributed by atoms with van der Waals surface area (Å²) in [6, 6.07) is 13.6. The van der Waals surface area contributed by atoms with Crippen LogP contribution in [0.2, 0.25) is 0 Å². The monoisotopic (exact) mass is 255 g/mol. The second kappa shape index (κ2) is 4.99. The third-order valence-electron chi connectivity index (χ3n) is 2.83. The molecule has 19 heavy (non-hydrogen) atoms. The number of fused-ring (bicyclic) bond motifs is 1. The van der Waals surface area contributed by atoms with E-state index in [1.165, 1.54) is 4.63 Å². The molecule has 1 unspecified atom stereocenters. The van der Waals surface area contributed by atoms with Crippen molar-refractivity contribution in [2.24, 2.45) is 5.73 Å². The van der Waals surface area contributed by atoms with Gasteiger partial charge in [0.2, 0.25) is 0 Å². The summed E-state index contributed by atoms with van der Waals surface area (Å²) in [7, 11) is 0. The van der Waals surface area contributed by atoms with Crippen LogP contribution in [-0.2, 0) is 0 Å². The van der Waals surface area contributed by atoms with E-state index < -0.39 is 0 Å². The molecule has 2 aromatic heterocycles. The van der Waals surface area contributed by atoms with E-state index in [2.05, 4.69) is 25.9 Å². The number of nitrogens with zero attached hydrogens (tertiary/aromatic N) is 5. The van der Waals surface area contributed by atoms with Crippen LogP contribution in [-0.4, -0.2) is 31.8 Å². The predicted molar refractivity (Wildman–Crippen MR) is 70.4 cm³/mol. The number of nitrogens with one attached hydrogen (secondary N) is 1. The van der Waals surface area contributed by atoms with Gasteiger partial charge in [0.25, 0.3) is 0 Å². The molecule has 0 saturated heterocycles. The lowest BCUT2D eigenvalue weighted by molar-refractivity contribution is 0.719. The number of rotatable bonds is 4. The van der Waals surface area contributed by atoms with Gasteiger partial charge < -0.3 is 11.1 Å². The third-order valence-corrected chi connectivity index (χ3v) is 2.83. The zero-order valence-corrected chi connectivity index (χ0v) is 10.1. The predicted octanol–water partition coefficient (Wildman–Crippen LogP) is 0.631. The molecule has 0 bridgehead atoms. The fourth-order valence-electron chi connectivity index (χ4n) is 1.87. The summed E-state index contributed by atoms with van der Waals surface area (Å²) < 4.78 is 1.38. The van der Waals surface area contributed by atoms with Crippen LogP contribution in [0.4, 0.5) is 5.82 Å². The number of hydrogen-bond acceptors (Lipinski definition) is 6. The van der Waals surface area contributed by atoms with Crippen LogP contribution in [0.15, 0.2) is 42.5 Å². The number of tetrazole rings is 1. The van der Waals surface area contributed by atoms with Gasteiger partial charge >= 0.3 is 0 Å². The van der Waals surface area contributed by atoms with E-state index in [-0.39, 0.29) is 6.04 Å². The normalized spacial score (nSPS) is 12.5. The van der Waals surface area contributed by atoms with Crippen molar-refractivity contribution in [2.75, 3.05) is 11.9 Å². The fraction of sp³-hybridized carbons (Fsp3) is 0.167. The Balaban J connectivity index is 1.86. The fourth-order valence-corrected chi connectivity index (χ4v) is 1.87. The highest BCUT2D eigenvalue weighted by molar-refractivity contribution is 5.44. The minimum atomic E-state index is 0.00244. The van der Waals surface area contributed by atoms with Crippen molar-refractivity contribution in [2.45, 2.75) is 6.04 Å². The van der Waals surface area contributed by atoms with Crippen molar-refractivity contribution in [3.63, 3.8) is 0 Å². The summed E-state index contributed by atoms with van der Waals surface area (Å²) in [6.07, 6.45) is 0. The van der Waals surface area contributed by atoms with Gasteiger partial charge in [0.05, 0.1) is 6.04 Å². The van der Waals surface area contributed by atoms with E-state index in [1.54, 1.807) is 6.07 Å². The lowest BCUT2D eigenvalue weighted by Gasteiger charge is -2.17. The van der Waals surface area contributed by atoms with E-state index in [0.717, 1.165) is 5.56 Å². The number of anilines is 1. The van der Waals surface area contributed by atoms with Crippen LogP contribution in [0, 0.1) is 0 Å². The molecule has 2 heterocycles. The van der Waals surface area contributed by atoms with Crippen LogP contribution in [0.3, 0.4) is 0 Å². The third kappa shape index (κ3) is 2.36. The zero-order valence-electron chi connectivity index (χ0n) is 10.1. The van der Waals surface area contributed by atoms with Gasteiger partial charge in [0.1, 0.15) is 5.82 Å². The average Bonchev–Trinajstić information content (AvgIpc) is 2.93. The molecule has 3 aromatic rings. The second-order valence-electron chi connectivity index (χ2n) is 4.09. The first-order valence-corrected chi connectivity index (χ1v) is 5.94. The van der Waals surface area contributed by atoms with E-state index in [1.807, 2.05) is 36.4 Å². The summed E-state index contributed by atoms with van der Waals surface area (Å²) >= 11 is 0. The standard InChI is InChI=1S/C12H13N7/c13-8-10(9-4-2-1-3-5-9)14-11-6-7-12-15-17-18-19(12)16-11/h1-7,10H,8,13H2,(H,14,16). The Morgan fingerprint density at radius 3 is 2.79 bits per heavy atom. The molecule has 96 valence electrons. The first-order valence-electron chi connectivity index (χ1n) is 5.94. The van der Waals surface area contributed by atoms with Crippen molar-refractivity contribution >= 4 is 11.5 Å². The van der Waals surface area contributed by atoms with E-state index in [0.29, 0.717) is 18.0 Å². The molecule has 0 fully saturated rings. The van der Waals surface area contributed by atoms with Crippen molar-refractivity contribution in [3.8, 4) is 0 Å². The van der Waals surface area contributed by atoms with Crippen LogP contribution in [0.25, 0.3) is 5.65 Å². The Labute approximate surface area is 109 Å². The number of hydrogen-bond donors (Lipinski definition) is 2. The van der Waals surface area contributed by atoms with Crippen LogP contribution < -0.4 is 11.1 Å². The van der Waals surface area contributed by atoms with Gasteiger partial charge in [-0.3, -0.25) is 0 Å². The Morgan fingerprint density at radius 2 is 2.00 bits per heavy atom. The quantitative estimate of drug-likeness (QED) is 0.710. The Hall–Kier alpha value is -2.54. The van der Waals surface area contributed by atoms with Gasteiger partial charge in [0, 0.05) is 6.54 Å². The topological polar surface area (TPSA) is 94.0 Å². The molecule has 3 rings (SSSR count). The largest absolute Gasteiger partial charge is 0.360 e. The summed E-state index contributed by atoms with van der Waals surface area (Å²) in [6.45, 7) is 0.472. The molecule has 0 aliphatic rings. The maximum Gasteiger partial charge on any atom is 0.200 e. The Bertz CT molecular complexity index is 664. The van der Waals surface area contributed by atoms with Gasteiger partial charge in [-0.1, -0.05) is 30.3 Å². The molecule has 0 aliphatic carbocycles. The molecule has 0 aliphatic heterocycles. The molecule has 0 saturated carbocycles. The zero-order chi connectivity index (χ0) is 13.1. The minimum Gasteiger partial charge on any atom is -0.360 e. The molecule has 7 nitrogen and oxygen atoms in total. The molecule has 0 amide bonds. The van der Waals surface area contributed by atoms with E-state index >= 15 is 0 Å². The first kappa shape index (κ1) is 11.5. The lowest BCUT2D eigenvalue weighted by Crippen LogP contribution is -2.21. The molecule has 0 spiro atoms. The highest BCUT2D eigenvalue weighted by Gasteiger charge is 2.10. The summed E-state index contributed by atoms with van der Waals surface area (Å²) in [4.78, 5) is 0. The number of aromatic nitrogens is 5. The van der Waals surface area contributed by atoms with Gasteiger partial charge in [-0.25, -0.2) is 0 Å². The van der Waals surface area contributed by atoms with E-state index in [4.69, 9.17) is 5.73 Å². The number of nitrogens with two attached hydrogens (primary N) is 1. The van der Waals surface area contributed by atoms with Gasteiger partial charge in [0.15, 0.2) is 5.65 Å². The van der Waals surface area contributed by atoms with Crippen molar-refractivity contribution in [1.82, 2.24) is 25.3 Å². The van der Waals surface area contributed by atoms with Crippen molar-refractivity contribution < 1.29 is 0 Å². The molecule has 3 N–H and O–H groups in total. The van der Waals surface area contributed by atoms with Crippen molar-refractivity contribution in [1.29, 1.82) is 0 Å². The van der Waals surface area contributed by atoms with Crippen LogP contribution >= 0.6 is 0 Å². The van der Waals surface area contributed by atoms with Crippen LogP contribution in [0.5, 0.6) is 0 Å². The van der Waals surface area contributed by atoms with E-state index in [9.17, 15) is 0 Å². The summed E-state index contributed by atoms with van der Waals surface area (Å²) in [5, 5.41) is 18.6. The molecule has 1 atom stereocenters. The van der Waals surface area contributed by atoms with Gasteiger partial charge in [-0.2, -0.15) is 0 Å². The average molecular weight is 255 g/mol. The molecule has 0 radical (unpaired) electrons. The second-order valence-corrected chi connectivity index (χ2v) is 4.09. The molecule has 1 aromatic carbocycles. The Kier molecular flexibility index (Phi) is 3.03. The van der Waals surface area contributed by atoms with Crippen molar-refractivity contribution in [3.05, 3.63) is 48.0 Å². The molecular formula is C12H13N7. The minimum absolute atomic E-state index is 0.00244. The highest BCUT2D eigenvalue weighted by atomic mass is 15.6. The maximum absolute atomic E-state index is 5.81. The number of benzene rings is 1. The summed E-state index contributed by atoms with van der Waals surface area (Å²) in [5.41, 5.74) is 7.53. The smallest absolute Gasteiger partial charge is 0.200 e. The first-order chi connectivity index (χ1) is 9.36. The molecular weight excluding hydrogens is 242 g/mol. The highest BCUT2D eigenvalue weighted by Crippen LogP contribution is 2.16. The molecule has 7 heteroatoms. The van der Waals surface area contributed by atoms with Gasteiger partial charge in [-0.15, -0.1) is 14.8 Å².